The van der Waals surface area contributed by atoms with Gasteiger partial charge in [0.1, 0.15) is 5.60 Å². The number of hydrogen-bond donors (Lipinski definition) is 0. The summed E-state index contributed by atoms with van der Waals surface area (Å²) in [7, 11) is 0. The molecule has 0 N–H and O–H groups in total. The maximum absolute atomic E-state index is 12.4. The number of nitrogens with zero attached hydrogens (tertiary/aromatic N) is 3. The molecular formula is C32H55N3O3. The molecule has 2 heterocycles. The lowest BCUT2D eigenvalue weighted by Gasteiger charge is -2.38. The van der Waals surface area contributed by atoms with Crippen LogP contribution in [0.15, 0.2) is 40.2 Å². The zero-order chi connectivity index (χ0) is 28.1. The summed E-state index contributed by atoms with van der Waals surface area (Å²) in [5.74, 6) is 1.64. The molecule has 38 heavy (non-hydrogen) atoms. The van der Waals surface area contributed by atoms with Crippen molar-refractivity contribution in [3.8, 4) is 0 Å². The first-order chi connectivity index (χ1) is 18.1. The Balaban J connectivity index is 0.000000474. The molecule has 2 saturated heterocycles. The van der Waals surface area contributed by atoms with Gasteiger partial charge in [-0.05, 0) is 91.1 Å². The fourth-order valence-corrected chi connectivity index (χ4v) is 5.14. The SMILES string of the molecule is CCCC1CCOCC1.C\C=C(C(/C(C)=N/C=C/CC)=C(/C)N1CCN(C(=O)OC(C)(C)C)CC1)\C1CC1. The number of hydrogen-bond acceptors (Lipinski definition) is 5. The van der Waals surface area contributed by atoms with Crippen LogP contribution >= 0.6 is 0 Å². The highest BCUT2D eigenvalue weighted by atomic mass is 16.6. The molecule has 6 heteroatoms. The van der Waals surface area contributed by atoms with E-state index in [2.05, 4.69) is 51.7 Å². The number of carbonyl (C=O) groups excluding carboxylic acids is 1. The Morgan fingerprint density at radius 2 is 1.61 bits per heavy atom. The standard InChI is InChI=1S/C24H39N3O2.C8H16O/c1-8-10-13-25-18(3)22(21(9-2)20-11-12-20)19(4)26-14-16-27(17-15-26)23(28)29-24(5,6)7;1-2-3-8-4-6-9-7-5-8/h9-10,13,20H,8,11-12,14-17H2,1-7H3;8H,2-7H2,1H3/b13-10+,21-9-,22-19-,25-18+;. The van der Waals surface area contributed by atoms with Gasteiger partial charge in [-0.15, -0.1) is 0 Å². The van der Waals surface area contributed by atoms with Crippen molar-refractivity contribution >= 4 is 11.8 Å². The number of ether oxygens (including phenoxy) is 2. The van der Waals surface area contributed by atoms with E-state index in [0.29, 0.717) is 19.0 Å². The minimum Gasteiger partial charge on any atom is -0.444 e. The third kappa shape index (κ3) is 11.0. The molecule has 6 nitrogen and oxygen atoms in total. The summed E-state index contributed by atoms with van der Waals surface area (Å²) in [6, 6.07) is 0. The average Bonchev–Trinajstić information content (AvgIpc) is 3.72. The van der Waals surface area contributed by atoms with E-state index in [9.17, 15) is 4.79 Å². The predicted octanol–water partition coefficient (Wildman–Crippen LogP) is 7.77. The van der Waals surface area contributed by atoms with Crippen molar-refractivity contribution in [1.29, 1.82) is 0 Å². The Morgan fingerprint density at radius 1 is 1.00 bits per heavy atom. The van der Waals surface area contributed by atoms with Crippen molar-refractivity contribution in [1.82, 2.24) is 9.80 Å². The predicted molar refractivity (Wildman–Crippen MR) is 160 cm³/mol. The fraction of sp³-hybridized carbons (Fsp3) is 0.750. The molecule has 3 aliphatic rings. The fourth-order valence-electron chi connectivity index (χ4n) is 5.14. The minimum absolute atomic E-state index is 0.214. The summed E-state index contributed by atoms with van der Waals surface area (Å²) in [4.78, 5) is 21.3. The normalized spacial score (nSPS) is 20.7. The quantitative estimate of drug-likeness (QED) is 0.238. The molecule has 1 amide bonds. The number of rotatable bonds is 8. The van der Waals surface area contributed by atoms with Crippen LogP contribution in [0.4, 0.5) is 4.79 Å². The van der Waals surface area contributed by atoms with Crippen LogP contribution < -0.4 is 0 Å². The first-order valence-corrected chi connectivity index (χ1v) is 15.0. The second kappa shape index (κ2) is 16.1. The van der Waals surface area contributed by atoms with Gasteiger partial charge < -0.3 is 19.3 Å². The van der Waals surface area contributed by atoms with Crippen LogP contribution in [-0.2, 0) is 9.47 Å². The Hall–Kier alpha value is -2.08. The Labute approximate surface area is 233 Å². The van der Waals surface area contributed by atoms with Gasteiger partial charge in [-0.1, -0.05) is 38.8 Å². The Kier molecular flexibility index (Phi) is 13.6. The summed E-state index contributed by atoms with van der Waals surface area (Å²) in [6.45, 7) is 21.6. The maximum Gasteiger partial charge on any atom is 0.410 e. The van der Waals surface area contributed by atoms with Gasteiger partial charge in [-0.25, -0.2) is 4.79 Å². The molecule has 0 radical (unpaired) electrons. The van der Waals surface area contributed by atoms with Gasteiger partial charge >= 0.3 is 6.09 Å². The summed E-state index contributed by atoms with van der Waals surface area (Å²) in [5.41, 5.74) is 4.58. The first kappa shape index (κ1) is 32.1. The van der Waals surface area contributed by atoms with Crippen LogP contribution in [0.1, 0.15) is 100 Å². The zero-order valence-corrected chi connectivity index (χ0v) is 25.6. The number of allylic oxidation sites excluding steroid dienone is 5. The van der Waals surface area contributed by atoms with Crippen LogP contribution in [0, 0.1) is 11.8 Å². The molecule has 0 aromatic carbocycles. The monoisotopic (exact) mass is 529 g/mol. The second-order valence-electron chi connectivity index (χ2n) is 11.8. The average molecular weight is 530 g/mol. The van der Waals surface area contributed by atoms with Gasteiger partial charge in [0.25, 0.3) is 0 Å². The molecule has 0 spiro atoms. The molecule has 3 fully saturated rings. The highest BCUT2D eigenvalue weighted by molar-refractivity contribution is 6.03. The van der Waals surface area contributed by atoms with E-state index in [0.717, 1.165) is 44.4 Å². The topological polar surface area (TPSA) is 54.4 Å². The van der Waals surface area contributed by atoms with E-state index in [1.54, 1.807) is 0 Å². The summed E-state index contributed by atoms with van der Waals surface area (Å²) >= 11 is 0. The van der Waals surface area contributed by atoms with E-state index >= 15 is 0 Å². The molecule has 0 unspecified atom stereocenters. The highest BCUT2D eigenvalue weighted by Gasteiger charge is 2.32. The van der Waals surface area contributed by atoms with Crippen LogP contribution in [0.2, 0.25) is 0 Å². The third-order valence-electron chi connectivity index (χ3n) is 7.39. The molecule has 0 aromatic rings. The van der Waals surface area contributed by atoms with Crippen LogP contribution in [0.25, 0.3) is 0 Å². The van der Waals surface area contributed by atoms with Crippen molar-refractivity contribution in [2.75, 3.05) is 39.4 Å². The van der Waals surface area contributed by atoms with Crippen LogP contribution in [0.3, 0.4) is 0 Å². The Bertz CT molecular complexity index is 845. The zero-order valence-electron chi connectivity index (χ0n) is 25.6. The molecule has 3 rings (SSSR count). The van der Waals surface area contributed by atoms with Gasteiger partial charge in [-0.2, -0.15) is 0 Å². The molecule has 1 aliphatic carbocycles. The molecule has 1 saturated carbocycles. The van der Waals surface area contributed by atoms with Crippen molar-refractivity contribution < 1.29 is 14.3 Å². The van der Waals surface area contributed by atoms with E-state index in [1.165, 1.54) is 55.4 Å². The Morgan fingerprint density at radius 3 is 2.11 bits per heavy atom. The first-order valence-electron chi connectivity index (χ1n) is 15.0. The van der Waals surface area contributed by atoms with E-state index in [-0.39, 0.29) is 6.09 Å². The molecular weight excluding hydrogens is 474 g/mol. The second-order valence-corrected chi connectivity index (χ2v) is 11.8. The lowest BCUT2D eigenvalue weighted by Crippen LogP contribution is -2.49. The summed E-state index contributed by atoms with van der Waals surface area (Å²) in [6.07, 6.45) is 14.9. The molecule has 0 bridgehead atoms. The van der Waals surface area contributed by atoms with E-state index in [1.807, 2.05) is 31.9 Å². The van der Waals surface area contributed by atoms with Gasteiger partial charge in [0.2, 0.25) is 0 Å². The lowest BCUT2D eigenvalue weighted by molar-refractivity contribution is 0.0168. The van der Waals surface area contributed by atoms with Gasteiger partial charge in [0.05, 0.1) is 0 Å². The minimum atomic E-state index is -0.456. The third-order valence-corrected chi connectivity index (χ3v) is 7.39. The van der Waals surface area contributed by atoms with Gasteiger partial charge in [-0.3, -0.25) is 4.99 Å². The van der Waals surface area contributed by atoms with Crippen molar-refractivity contribution in [2.24, 2.45) is 16.8 Å². The van der Waals surface area contributed by atoms with E-state index in [4.69, 9.17) is 14.5 Å². The van der Waals surface area contributed by atoms with Crippen molar-refractivity contribution in [3.63, 3.8) is 0 Å². The van der Waals surface area contributed by atoms with Gasteiger partial charge in [0.15, 0.2) is 0 Å². The summed E-state index contributed by atoms with van der Waals surface area (Å²) < 4.78 is 10.8. The molecule has 0 aromatic heterocycles. The number of amides is 1. The molecule has 216 valence electrons. The maximum atomic E-state index is 12.4. The van der Waals surface area contributed by atoms with E-state index < -0.39 is 5.60 Å². The van der Waals surface area contributed by atoms with Crippen LogP contribution in [0.5, 0.6) is 0 Å². The smallest absolute Gasteiger partial charge is 0.410 e. The summed E-state index contributed by atoms with van der Waals surface area (Å²) in [5, 5.41) is 0. The van der Waals surface area contributed by atoms with Crippen molar-refractivity contribution in [2.45, 2.75) is 106 Å². The molecule has 2 aliphatic heterocycles. The highest BCUT2D eigenvalue weighted by Crippen LogP contribution is 2.41. The van der Waals surface area contributed by atoms with Crippen LogP contribution in [-0.4, -0.2) is 66.6 Å². The number of piperazine rings is 1. The number of aliphatic imine (C=N–C) groups is 1. The van der Waals surface area contributed by atoms with Gasteiger partial charge in [0, 0.05) is 62.6 Å². The number of carbonyl (C=O) groups is 1. The van der Waals surface area contributed by atoms with Crippen molar-refractivity contribution in [3.05, 3.63) is 35.2 Å². The largest absolute Gasteiger partial charge is 0.444 e. The molecule has 0 atom stereocenters. The lowest BCUT2D eigenvalue weighted by atomic mass is 9.95.